The lowest BCUT2D eigenvalue weighted by Crippen LogP contribution is -2.44. The van der Waals surface area contributed by atoms with Crippen LogP contribution < -0.4 is 0 Å². The Morgan fingerprint density at radius 3 is 1.33 bits per heavy atom. The highest BCUT2D eigenvalue weighted by Crippen LogP contribution is 2.22. The number of hydrogen-bond donors (Lipinski definition) is 0. The van der Waals surface area contributed by atoms with E-state index in [0.717, 1.165) is 26.1 Å². The largest absolute Gasteiger partial charge is 0.418 e. The van der Waals surface area contributed by atoms with E-state index in [2.05, 4.69) is 40.0 Å². The summed E-state index contributed by atoms with van der Waals surface area (Å²) in [6, 6.07) is 0. The summed E-state index contributed by atoms with van der Waals surface area (Å²) in [5.74, 6) is 0. The summed E-state index contributed by atoms with van der Waals surface area (Å²) in [5, 5.41) is 0. The van der Waals surface area contributed by atoms with Crippen LogP contribution in [-0.4, -0.2) is 29.8 Å². The highest BCUT2D eigenvalue weighted by molar-refractivity contribution is 6.89. The maximum absolute atomic E-state index is 5.99. The molecule has 0 fully saturated rings. The van der Waals surface area contributed by atoms with Gasteiger partial charge in [0.15, 0.2) is 16.6 Å². The van der Waals surface area contributed by atoms with Crippen LogP contribution in [0.15, 0.2) is 0 Å². The molecular weight excluding hydrogens is 220 g/mol. The molecule has 0 aromatic rings. The van der Waals surface area contributed by atoms with Crippen molar-refractivity contribution in [2.45, 2.75) is 58.5 Å². The highest BCUT2D eigenvalue weighted by atomic mass is 28.4. The maximum Gasteiger partial charge on any atom is 0.186 e. The van der Waals surface area contributed by atoms with Crippen molar-refractivity contribution in [1.29, 1.82) is 0 Å². The zero-order valence-electron chi connectivity index (χ0n) is 11.4. The van der Waals surface area contributed by atoms with Crippen LogP contribution in [0.5, 0.6) is 0 Å². The Bertz CT molecular complexity index is 152. The molecule has 0 aromatic heterocycles. The van der Waals surface area contributed by atoms with Gasteiger partial charge >= 0.3 is 0 Å². The molecule has 92 valence electrons. The van der Waals surface area contributed by atoms with Gasteiger partial charge in [-0.1, -0.05) is 13.8 Å². The molecule has 0 aliphatic heterocycles. The number of hydrogen-bond acceptors (Lipinski definition) is 2. The van der Waals surface area contributed by atoms with Crippen molar-refractivity contribution in [2.24, 2.45) is 0 Å². The predicted octanol–water partition coefficient (Wildman–Crippen LogP) is 3.79. The van der Waals surface area contributed by atoms with Gasteiger partial charge in [-0.05, 0) is 44.7 Å². The minimum absolute atomic E-state index is 0.914. The third-order valence-corrected chi connectivity index (χ3v) is 11.0. The zero-order valence-corrected chi connectivity index (χ0v) is 13.4. The van der Waals surface area contributed by atoms with Crippen molar-refractivity contribution in [3.8, 4) is 0 Å². The molecule has 0 bridgehead atoms. The molecule has 0 saturated heterocycles. The first-order valence-corrected chi connectivity index (χ1v) is 12.3. The predicted molar refractivity (Wildman–Crippen MR) is 72.3 cm³/mol. The molecule has 0 aliphatic carbocycles. The standard InChI is InChI=1S/C11H28O2Si2/c1-7-9-12-14(3,4)11-15(5,6)13-10-8-2/h7-11H2,1-6H3. The first-order chi connectivity index (χ1) is 6.83. The van der Waals surface area contributed by atoms with Crippen LogP contribution in [-0.2, 0) is 8.85 Å². The molecule has 0 atom stereocenters. The van der Waals surface area contributed by atoms with Gasteiger partial charge in [0.05, 0.1) is 0 Å². The van der Waals surface area contributed by atoms with Crippen molar-refractivity contribution < 1.29 is 8.85 Å². The second kappa shape index (κ2) is 6.83. The summed E-state index contributed by atoms with van der Waals surface area (Å²) >= 11 is 0. The normalized spacial score (nSPS) is 13.2. The zero-order chi connectivity index (χ0) is 11.9. The Morgan fingerprint density at radius 2 is 1.07 bits per heavy atom. The molecule has 0 rings (SSSR count). The van der Waals surface area contributed by atoms with Gasteiger partial charge < -0.3 is 8.85 Å². The summed E-state index contributed by atoms with van der Waals surface area (Å²) in [6.07, 6.45) is 2.24. The minimum atomic E-state index is -1.47. The van der Waals surface area contributed by atoms with Gasteiger partial charge in [0.1, 0.15) is 0 Å². The Kier molecular flexibility index (Phi) is 6.99. The lowest BCUT2D eigenvalue weighted by Gasteiger charge is -2.31. The van der Waals surface area contributed by atoms with Crippen molar-refractivity contribution >= 4 is 16.6 Å². The SMILES string of the molecule is CCCO[Si](C)(C)C[Si](C)(C)OCCC. The quantitative estimate of drug-likeness (QED) is 0.609. The number of rotatable bonds is 8. The Labute approximate surface area is 97.6 Å². The van der Waals surface area contributed by atoms with Gasteiger partial charge in [-0.2, -0.15) is 0 Å². The van der Waals surface area contributed by atoms with E-state index in [1.165, 1.54) is 5.67 Å². The summed E-state index contributed by atoms with van der Waals surface area (Å²) in [5.41, 5.74) is 1.21. The van der Waals surface area contributed by atoms with Crippen molar-refractivity contribution in [3.63, 3.8) is 0 Å². The van der Waals surface area contributed by atoms with Crippen molar-refractivity contribution in [3.05, 3.63) is 0 Å². The first kappa shape index (κ1) is 15.4. The van der Waals surface area contributed by atoms with Gasteiger partial charge in [0, 0.05) is 13.2 Å². The van der Waals surface area contributed by atoms with Crippen LogP contribution in [0.2, 0.25) is 31.9 Å². The second-order valence-corrected chi connectivity index (χ2v) is 14.4. The van der Waals surface area contributed by atoms with Gasteiger partial charge in [-0.25, -0.2) is 0 Å². The molecule has 0 N–H and O–H groups in total. The van der Waals surface area contributed by atoms with Crippen LogP contribution in [0.4, 0.5) is 0 Å². The van der Waals surface area contributed by atoms with E-state index in [-0.39, 0.29) is 0 Å². The van der Waals surface area contributed by atoms with Crippen molar-refractivity contribution in [1.82, 2.24) is 0 Å². The Balaban J connectivity index is 4.04. The van der Waals surface area contributed by atoms with Crippen molar-refractivity contribution in [2.75, 3.05) is 13.2 Å². The van der Waals surface area contributed by atoms with E-state index in [0.29, 0.717) is 0 Å². The third kappa shape index (κ3) is 8.19. The third-order valence-electron chi connectivity index (χ3n) is 2.25. The summed E-state index contributed by atoms with van der Waals surface area (Å²) in [7, 11) is -2.95. The molecule has 0 aromatic carbocycles. The maximum atomic E-state index is 5.99. The molecule has 0 saturated carbocycles. The lowest BCUT2D eigenvalue weighted by atomic mass is 10.5. The fraction of sp³-hybridized carbons (Fsp3) is 1.00. The second-order valence-electron chi connectivity index (χ2n) is 5.39. The highest BCUT2D eigenvalue weighted by Gasteiger charge is 2.34. The topological polar surface area (TPSA) is 18.5 Å². The molecule has 0 amide bonds. The van der Waals surface area contributed by atoms with E-state index in [1.807, 2.05) is 0 Å². The van der Waals surface area contributed by atoms with Crippen LogP contribution >= 0.6 is 0 Å². The summed E-state index contributed by atoms with van der Waals surface area (Å²) < 4.78 is 12.0. The average Bonchev–Trinajstić information content (AvgIpc) is 2.10. The average molecular weight is 249 g/mol. The van der Waals surface area contributed by atoms with Crippen LogP contribution in [0.25, 0.3) is 0 Å². The Morgan fingerprint density at radius 1 is 0.733 bits per heavy atom. The molecule has 0 spiro atoms. The summed E-state index contributed by atoms with van der Waals surface area (Å²) in [6.45, 7) is 15.4. The molecule has 4 heteroatoms. The smallest absolute Gasteiger partial charge is 0.186 e. The molecule has 0 aliphatic rings. The van der Waals surface area contributed by atoms with Gasteiger partial charge in [-0.15, -0.1) is 0 Å². The van der Waals surface area contributed by atoms with E-state index in [4.69, 9.17) is 8.85 Å². The van der Waals surface area contributed by atoms with Crippen LogP contribution in [0.3, 0.4) is 0 Å². The minimum Gasteiger partial charge on any atom is -0.418 e. The van der Waals surface area contributed by atoms with Crippen LogP contribution in [0.1, 0.15) is 26.7 Å². The first-order valence-electron chi connectivity index (χ1n) is 6.11. The Hall–Kier alpha value is 0.354. The van der Waals surface area contributed by atoms with Gasteiger partial charge in [-0.3, -0.25) is 0 Å². The van der Waals surface area contributed by atoms with E-state index in [9.17, 15) is 0 Å². The molecule has 2 nitrogen and oxygen atoms in total. The summed E-state index contributed by atoms with van der Waals surface area (Å²) in [4.78, 5) is 0. The molecule has 0 heterocycles. The molecule has 0 unspecified atom stereocenters. The fourth-order valence-corrected chi connectivity index (χ4v) is 12.4. The van der Waals surface area contributed by atoms with Gasteiger partial charge in [0.25, 0.3) is 0 Å². The van der Waals surface area contributed by atoms with Crippen LogP contribution in [0, 0.1) is 0 Å². The monoisotopic (exact) mass is 248 g/mol. The fourth-order valence-electron chi connectivity index (χ4n) is 1.88. The van der Waals surface area contributed by atoms with E-state index >= 15 is 0 Å². The lowest BCUT2D eigenvalue weighted by molar-refractivity contribution is 0.294. The molecule has 15 heavy (non-hydrogen) atoms. The van der Waals surface area contributed by atoms with E-state index in [1.54, 1.807) is 0 Å². The van der Waals surface area contributed by atoms with E-state index < -0.39 is 16.6 Å². The molecule has 0 radical (unpaired) electrons. The van der Waals surface area contributed by atoms with Gasteiger partial charge in [0.2, 0.25) is 0 Å². The molecular formula is C11H28O2Si2.